The molecule has 1 saturated heterocycles. The van der Waals surface area contributed by atoms with Gasteiger partial charge in [-0.2, -0.15) is 0 Å². The number of benzene rings is 1. The van der Waals surface area contributed by atoms with Crippen LogP contribution in [0.15, 0.2) is 24.3 Å². The number of amides is 1. The first-order valence-corrected chi connectivity index (χ1v) is 6.73. The van der Waals surface area contributed by atoms with Crippen molar-refractivity contribution >= 4 is 29.9 Å². The molecule has 1 N–H and O–H groups in total. The molecule has 0 aliphatic carbocycles. The molecule has 1 heterocycles. The van der Waals surface area contributed by atoms with Gasteiger partial charge in [0.1, 0.15) is 0 Å². The molecule has 1 unspecified atom stereocenters. The highest BCUT2D eigenvalue weighted by Gasteiger charge is 2.25. The monoisotopic (exact) mass is 302 g/mol. The second-order valence-electron chi connectivity index (χ2n) is 4.86. The number of carbonyl (C=O) groups excluding carboxylic acids is 1. The van der Waals surface area contributed by atoms with E-state index >= 15 is 0 Å². The average molecular weight is 303 g/mol. The van der Waals surface area contributed by atoms with Crippen molar-refractivity contribution in [3.63, 3.8) is 0 Å². The van der Waals surface area contributed by atoms with Gasteiger partial charge >= 0.3 is 0 Å². The summed E-state index contributed by atoms with van der Waals surface area (Å²) in [4.78, 5) is 14.1. The van der Waals surface area contributed by atoms with Crippen LogP contribution >= 0.6 is 24.0 Å². The third kappa shape index (κ3) is 4.68. The highest BCUT2D eigenvalue weighted by atomic mass is 35.5. The van der Waals surface area contributed by atoms with Gasteiger partial charge in [0.15, 0.2) is 0 Å². The van der Waals surface area contributed by atoms with Crippen LogP contribution in [0.3, 0.4) is 0 Å². The van der Waals surface area contributed by atoms with Crippen LogP contribution in [0, 0.1) is 5.92 Å². The molecule has 0 saturated carbocycles. The summed E-state index contributed by atoms with van der Waals surface area (Å²) in [5.41, 5.74) is 0.990. The minimum absolute atomic E-state index is 0. The van der Waals surface area contributed by atoms with Gasteiger partial charge in [-0.05, 0) is 43.6 Å². The van der Waals surface area contributed by atoms with Gasteiger partial charge in [0.05, 0.1) is 6.42 Å². The number of hydrogen-bond acceptors (Lipinski definition) is 2. The van der Waals surface area contributed by atoms with Crippen molar-refractivity contribution in [2.45, 2.75) is 12.8 Å². The van der Waals surface area contributed by atoms with E-state index in [2.05, 4.69) is 5.32 Å². The Morgan fingerprint density at radius 3 is 3.00 bits per heavy atom. The van der Waals surface area contributed by atoms with Crippen LogP contribution in [0.25, 0.3) is 0 Å². The molecule has 1 amide bonds. The highest BCUT2D eigenvalue weighted by molar-refractivity contribution is 6.30. The molecule has 1 aromatic carbocycles. The molecule has 0 aromatic heterocycles. The fourth-order valence-electron chi connectivity index (χ4n) is 2.45. The Kier molecular flexibility index (Phi) is 6.63. The van der Waals surface area contributed by atoms with Gasteiger partial charge in [0.2, 0.25) is 5.91 Å². The molecule has 1 aromatic rings. The Morgan fingerprint density at radius 1 is 1.53 bits per heavy atom. The Bertz CT molecular complexity index is 426. The number of hydrogen-bond donors (Lipinski definition) is 1. The maximum atomic E-state index is 12.1. The number of carbonyl (C=O) groups is 1. The van der Waals surface area contributed by atoms with Gasteiger partial charge in [-0.25, -0.2) is 0 Å². The Hall–Kier alpha value is -0.770. The fraction of sp³-hybridized carbons (Fsp3) is 0.500. The molecule has 1 fully saturated rings. The SMILES string of the molecule is CNCC1CCN(C(=O)Cc2cccc(Cl)c2)C1.Cl. The summed E-state index contributed by atoms with van der Waals surface area (Å²) in [6, 6.07) is 7.53. The summed E-state index contributed by atoms with van der Waals surface area (Å²) in [5, 5.41) is 3.86. The summed E-state index contributed by atoms with van der Waals surface area (Å²) in [7, 11) is 1.95. The van der Waals surface area contributed by atoms with Crippen LogP contribution < -0.4 is 5.32 Å². The van der Waals surface area contributed by atoms with E-state index in [0.29, 0.717) is 17.4 Å². The van der Waals surface area contributed by atoms with E-state index in [-0.39, 0.29) is 18.3 Å². The van der Waals surface area contributed by atoms with Gasteiger partial charge in [-0.15, -0.1) is 12.4 Å². The molecule has 0 radical (unpaired) electrons. The zero-order valence-corrected chi connectivity index (χ0v) is 12.6. The number of halogens is 2. The maximum Gasteiger partial charge on any atom is 0.227 e. The van der Waals surface area contributed by atoms with Crippen molar-refractivity contribution in [2.75, 3.05) is 26.7 Å². The number of nitrogens with one attached hydrogen (secondary N) is 1. The van der Waals surface area contributed by atoms with Gasteiger partial charge in [0.25, 0.3) is 0 Å². The Morgan fingerprint density at radius 2 is 2.32 bits per heavy atom. The minimum Gasteiger partial charge on any atom is -0.342 e. The zero-order valence-electron chi connectivity index (χ0n) is 11.1. The topological polar surface area (TPSA) is 32.3 Å². The first-order chi connectivity index (χ1) is 8.69. The summed E-state index contributed by atoms with van der Waals surface area (Å²) in [5.74, 6) is 0.800. The van der Waals surface area contributed by atoms with Crippen LogP contribution in [-0.2, 0) is 11.2 Å². The Labute approximate surface area is 125 Å². The molecule has 1 aliphatic heterocycles. The van der Waals surface area contributed by atoms with Crippen LogP contribution in [0.1, 0.15) is 12.0 Å². The highest BCUT2D eigenvalue weighted by Crippen LogP contribution is 2.17. The van der Waals surface area contributed by atoms with Gasteiger partial charge in [-0.3, -0.25) is 4.79 Å². The lowest BCUT2D eigenvalue weighted by Gasteiger charge is -2.16. The van der Waals surface area contributed by atoms with E-state index in [1.807, 2.05) is 36.2 Å². The summed E-state index contributed by atoms with van der Waals surface area (Å²) < 4.78 is 0. The third-order valence-electron chi connectivity index (χ3n) is 3.38. The van der Waals surface area contributed by atoms with Crippen LogP contribution in [-0.4, -0.2) is 37.5 Å². The third-order valence-corrected chi connectivity index (χ3v) is 3.61. The average Bonchev–Trinajstić information content (AvgIpc) is 2.78. The van der Waals surface area contributed by atoms with Crippen molar-refractivity contribution in [3.05, 3.63) is 34.9 Å². The van der Waals surface area contributed by atoms with Crippen molar-refractivity contribution in [1.29, 1.82) is 0 Å². The summed E-state index contributed by atoms with van der Waals surface area (Å²) in [6.07, 6.45) is 1.55. The molecular formula is C14H20Cl2N2O. The van der Waals surface area contributed by atoms with E-state index in [1.165, 1.54) is 0 Å². The van der Waals surface area contributed by atoms with E-state index in [4.69, 9.17) is 11.6 Å². The summed E-state index contributed by atoms with van der Waals surface area (Å²) in [6.45, 7) is 2.74. The van der Waals surface area contributed by atoms with E-state index in [0.717, 1.165) is 31.6 Å². The predicted octanol–water partition coefficient (Wildman–Crippen LogP) is 2.37. The second-order valence-corrected chi connectivity index (χ2v) is 5.30. The van der Waals surface area contributed by atoms with Crippen molar-refractivity contribution in [3.8, 4) is 0 Å². The van der Waals surface area contributed by atoms with Crippen LogP contribution in [0.5, 0.6) is 0 Å². The molecule has 1 aliphatic rings. The largest absolute Gasteiger partial charge is 0.342 e. The molecule has 0 bridgehead atoms. The van der Waals surface area contributed by atoms with Gasteiger partial charge in [0, 0.05) is 18.1 Å². The lowest BCUT2D eigenvalue weighted by molar-refractivity contribution is -0.129. The van der Waals surface area contributed by atoms with Gasteiger partial charge in [-0.1, -0.05) is 23.7 Å². The molecule has 3 nitrogen and oxygen atoms in total. The molecular weight excluding hydrogens is 283 g/mol. The van der Waals surface area contributed by atoms with Crippen molar-refractivity contribution in [1.82, 2.24) is 10.2 Å². The smallest absolute Gasteiger partial charge is 0.227 e. The van der Waals surface area contributed by atoms with Gasteiger partial charge < -0.3 is 10.2 Å². The number of likely N-dealkylation sites (tertiary alicyclic amines) is 1. The molecule has 1 atom stereocenters. The zero-order chi connectivity index (χ0) is 13.0. The quantitative estimate of drug-likeness (QED) is 0.926. The second kappa shape index (κ2) is 7.73. The van der Waals surface area contributed by atoms with E-state index in [9.17, 15) is 4.79 Å². The predicted molar refractivity (Wildman–Crippen MR) is 81.0 cm³/mol. The lowest BCUT2D eigenvalue weighted by Crippen LogP contribution is -2.31. The molecule has 19 heavy (non-hydrogen) atoms. The number of rotatable bonds is 4. The van der Waals surface area contributed by atoms with Crippen molar-refractivity contribution in [2.24, 2.45) is 5.92 Å². The normalized spacial score (nSPS) is 18.2. The van der Waals surface area contributed by atoms with E-state index < -0.39 is 0 Å². The van der Waals surface area contributed by atoms with E-state index in [1.54, 1.807) is 0 Å². The first-order valence-electron chi connectivity index (χ1n) is 6.36. The van der Waals surface area contributed by atoms with Crippen molar-refractivity contribution < 1.29 is 4.79 Å². The van der Waals surface area contributed by atoms with Crippen LogP contribution in [0.2, 0.25) is 5.02 Å². The molecule has 2 rings (SSSR count). The fourth-order valence-corrected chi connectivity index (χ4v) is 2.66. The maximum absolute atomic E-state index is 12.1. The standard InChI is InChI=1S/C14H19ClN2O.ClH/c1-16-9-12-5-6-17(10-12)14(18)8-11-3-2-4-13(15)7-11;/h2-4,7,12,16H,5-6,8-10H2,1H3;1H. The summed E-state index contributed by atoms with van der Waals surface area (Å²) >= 11 is 5.92. The molecule has 106 valence electrons. The minimum atomic E-state index is 0. The lowest BCUT2D eigenvalue weighted by atomic mass is 10.1. The van der Waals surface area contributed by atoms with Crippen LogP contribution in [0.4, 0.5) is 0 Å². The molecule has 5 heteroatoms. The Balaban J connectivity index is 0.00000180. The first kappa shape index (κ1) is 16.3. The number of nitrogens with zero attached hydrogens (tertiary/aromatic N) is 1. The molecule has 0 spiro atoms.